The Morgan fingerprint density at radius 2 is 1.74 bits per heavy atom. The molecule has 0 atom stereocenters. The molecule has 2 aromatic heterocycles. The summed E-state index contributed by atoms with van der Waals surface area (Å²) in [5.41, 5.74) is 5.48. The molecule has 0 saturated heterocycles. The molecule has 31 heavy (non-hydrogen) atoms. The summed E-state index contributed by atoms with van der Waals surface area (Å²) >= 11 is 0. The lowest BCUT2D eigenvalue weighted by Crippen LogP contribution is -2.25. The summed E-state index contributed by atoms with van der Waals surface area (Å²) in [5.74, 6) is -0.107. The number of nitrogens with zero attached hydrogens (tertiary/aromatic N) is 1. The number of carbonyl (C=O) groups excluding carboxylic acids is 2. The maximum Gasteiger partial charge on any atom is 0.291 e. The molecule has 6 nitrogen and oxygen atoms in total. The van der Waals surface area contributed by atoms with Crippen molar-refractivity contribution in [3.63, 3.8) is 0 Å². The number of hydrogen-bond acceptors (Lipinski definition) is 4. The van der Waals surface area contributed by atoms with E-state index < -0.39 is 0 Å². The number of rotatable bonds is 6. The molecule has 0 spiro atoms. The van der Waals surface area contributed by atoms with E-state index in [1.807, 2.05) is 50.2 Å². The number of para-hydroxylation sites is 1. The van der Waals surface area contributed by atoms with Crippen LogP contribution in [0.2, 0.25) is 0 Å². The van der Waals surface area contributed by atoms with Crippen molar-refractivity contribution in [2.75, 3.05) is 5.32 Å². The maximum absolute atomic E-state index is 12.6. The van der Waals surface area contributed by atoms with Gasteiger partial charge in [-0.2, -0.15) is 0 Å². The minimum absolute atomic E-state index is 0.0570. The van der Waals surface area contributed by atoms with Gasteiger partial charge in [0, 0.05) is 23.3 Å². The number of aryl methyl sites for hydroxylation is 2. The molecule has 4 aromatic rings. The molecule has 0 unspecified atom stereocenters. The molecule has 0 bridgehead atoms. The van der Waals surface area contributed by atoms with Crippen LogP contribution < -0.4 is 10.6 Å². The summed E-state index contributed by atoms with van der Waals surface area (Å²) in [5, 5.41) is 6.80. The molecule has 2 aromatic carbocycles. The molecule has 6 heteroatoms. The molecule has 0 fully saturated rings. The third-order valence-corrected chi connectivity index (χ3v) is 5.27. The predicted octanol–water partition coefficient (Wildman–Crippen LogP) is 4.56. The molecule has 0 aliphatic heterocycles. The fourth-order valence-corrected chi connectivity index (χ4v) is 3.56. The Kier molecular flexibility index (Phi) is 5.80. The first kappa shape index (κ1) is 20.3. The van der Waals surface area contributed by atoms with Crippen LogP contribution in [0.1, 0.15) is 32.9 Å². The van der Waals surface area contributed by atoms with Crippen LogP contribution in [-0.2, 0) is 17.8 Å². The Bertz CT molecular complexity index is 1230. The number of furan rings is 1. The van der Waals surface area contributed by atoms with Crippen LogP contribution in [0.5, 0.6) is 0 Å². The molecule has 0 radical (unpaired) electrons. The molecule has 2 amide bonds. The number of amides is 2. The van der Waals surface area contributed by atoms with Gasteiger partial charge in [0.2, 0.25) is 5.91 Å². The lowest BCUT2D eigenvalue weighted by atomic mass is 9.99. The highest BCUT2D eigenvalue weighted by Crippen LogP contribution is 2.23. The number of nitrogens with one attached hydrogen (secondary N) is 2. The highest BCUT2D eigenvalue weighted by molar-refractivity contribution is 6.02. The molecule has 2 heterocycles. The first-order valence-electron chi connectivity index (χ1n) is 10.1. The van der Waals surface area contributed by atoms with Crippen molar-refractivity contribution in [2.24, 2.45) is 0 Å². The van der Waals surface area contributed by atoms with Crippen LogP contribution in [0.15, 0.2) is 71.3 Å². The second-order valence-corrected chi connectivity index (χ2v) is 7.40. The van der Waals surface area contributed by atoms with Crippen molar-refractivity contribution >= 4 is 28.4 Å². The van der Waals surface area contributed by atoms with Crippen molar-refractivity contribution in [3.8, 4) is 0 Å². The van der Waals surface area contributed by atoms with Crippen LogP contribution >= 0.6 is 0 Å². The van der Waals surface area contributed by atoms with E-state index in [9.17, 15) is 9.59 Å². The van der Waals surface area contributed by atoms with Gasteiger partial charge in [-0.15, -0.1) is 0 Å². The fourth-order valence-electron chi connectivity index (χ4n) is 3.56. The monoisotopic (exact) mass is 413 g/mol. The summed E-state index contributed by atoms with van der Waals surface area (Å²) in [4.78, 5) is 29.2. The van der Waals surface area contributed by atoms with E-state index in [0.717, 1.165) is 33.3 Å². The molecule has 0 saturated carbocycles. The minimum Gasteiger partial charge on any atom is -0.459 e. The zero-order chi connectivity index (χ0) is 21.8. The molecule has 2 N–H and O–H groups in total. The zero-order valence-electron chi connectivity index (χ0n) is 17.4. The fraction of sp³-hybridized carbons (Fsp3) is 0.160. The zero-order valence-corrected chi connectivity index (χ0v) is 17.4. The van der Waals surface area contributed by atoms with Gasteiger partial charge in [-0.05, 0) is 60.9 Å². The van der Waals surface area contributed by atoms with Crippen molar-refractivity contribution in [1.29, 1.82) is 0 Å². The number of hydrogen-bond donors (Lipinski definition) is 2. The van der Waals surface area contributed by atoms with Crippen molar-refractivity contribution in [1.82, 2.24) is 10.3 Å². The SMILES string of the molecule is Cc1nc2ccccc2c(C)c1CC(=O)NCc1ccc(NC(=O)c2ccco2)cc1. The largest absolute Gasteiger partial charge is 0.459 e. The smallest absolute Gasteiger partial charge is 0.291 e. The first-order chi connectivity index (χ1) is 15.0. The van der Waals surface area contributed by atoms with Gasteiger partial charge in [0.1, 0.15) is 0 Å². The van der Waals surface area contributed by atoms with E-state index in [1.165, 1.54) is 6.26 Å². The normalized spacial score (nSPS) is 10.8. The standard InChI is InChI=1S/C25H23N3O3/c1-16-20-6-3-4-7-22(20)27-17(2)21(16)14-24(29)26-15-18-9-11-19(12-10-18)28-25(30)23-8-5-13-31-23/h3-13H,14-15H2,1-2H3,(H,26,29)(H,28,30). The van der Waals surface area contributed by atoms with E-state index in [0.29, 0.717) is 12.2 Å². The van der Waals surface area contributed by atoms with E-state index >= 15 is 0 Å². The lowest BCUT2D eigenvalue weighted by molar-refractivity contribution is -0.120. The number of aromatic nitrogens is 1. The number of fused-ring (bicyclic) bond motifs is 1. The summed E-state index contributed by atoms with van der Waals surface area (Å²) in [6, 6.07) is 18.6. The summed E-state index contributed by atoms with van der Waals surface area (Å²) in [6.45, 7) is 4.39. The molecule has 0 aliphatic rings. The van der Waals surface area contributed by atoms with E-state index in [4.69, 9.17) is 4.42 Å². The lowest BCUT2D eigenvalue weighted by Gasteiger charge is -2.13. The molecule has 0 aliphatic carbocycles. The Labute approximate surface area is 180 Å². The van der Waals surface area contributed by atoms with Gasteiger partial charge in [0.05, 0.1) is 18.2 Å². The van der Waals surface area contributed by atoms with Crippen LogP contribution in [0.25, 0.3) is 10.9 Å². The van der Waals surface area contributed by atoms with Crippen molar-refractivity contribution < 1.29 is 14.0 Å². The average Bonchev–Trinajstić information content (AvgIpc) is 3.31. The van der Waals surface area contributed by atoms with Gasteiger partial charge in [0.25, 0.3) is 5.91 Å². The topological polar surface area (TPSA) is 84.2 Å². The number of benzene rings is 2. The van der Waals surface area contributed by atoms with Gasteiger partial charge < -0.3 is 15.1 Å². The molecule has 4 rings (SSSR count). The highest BCUT2D eigenvalue weighted by atomic mass is 16.3. The maximum atomic E-state index is 12.6. The van der Waals surface area contributed by atoms with Crippen LogP contribution in [-0.4, -0.2) is 16.8 Å². The van der Waals surface area contributed by atoms with E-state index in [-0.39, 0.29) is 24.0 Å². The minimum atomic E-state index is -0.305. The molecular weight excluding hydrogens is 390 g/mol. The second-order valence-electron chi connectivity index (χ2n) is 7.40. The quantitative estimate of drug-likeness (QED) is 0.485. The Balaban J connectivity index is 1.36. The number of anilines is 1. The predicted molar refractivity (Wildman–Crippen MR) is 120 cm³/mol. The summed E-state index contributed by atoms with van der Waals surface area (Å²) < 4.78 is 5.08. The third kappa shape index (κ3) is 4.64. The number of carbonyl (C=O) groups is 2. The van der Waals surface area contributed by atoms with Crippen LogP contribution in [0.3, 0.4) is 0 Å². The van der Waals surface area contributed by atoms with E-state index in [1.54, 1.807) is 24.3 Å². The second kappa shape index (κ2) is 8.83. The Morgan fingerprint density at radius 3 is 2.48 bits per heavy atom. The van der Waals surface area contributed by atoms with Gasteiger partial charge in [-0.25, -0.2) is 0 Å². The van der Waals surface area contributed by atoms with Crippen LogP contribution in [0, 0.1) is 13.8 Å². The van der Waals surface area contributed by atoms with Gasteiger partial charge in [0.15, 0.2) is 5.76 Å². The average molecular weight is 413 g/mol. The summed E-state index contributed by atoms with van der Waals surface area (Å²) in [6.07, 6.45) is 1.74. The van der Waals surface area contributed by atoms with Gasteiger partial charge in [-0.3, -0.25) is 14.6 Å². The highest BCUT2D eigenvalue weighted by Gasteiger charge is 2.13. The number of pyridine rings is 1. The van der Waals surface area contributed by atoms with Crippen molar-refractivity contribution in [3.05, 3.63) is 95.1 Å². The Hall–Kier alpha value is -3.93. The van der Waals surface area contributed by atoms with Gasteiger partial charge in [-0.1, -0.05) is 30.3 Å². The molecule has 156 valence electrons. The van der Waals surface area contributed by atoms with Crippen molar-refractivity contribution in [2.45, 2.75) is 26.8 Å². The Morgan fingerprint density at radius 1 is 0.968 bits per heavy atom. The van der Waals surface area contributed by atoms with Crippen LogP contribution in [0.4, 0.5) is 5.69 Å². The first-order valence-corrected chi connectivity index (χ1v) is 10.1. The summed E-state index contributed by atoms with van der Waals surface area (Å²) in [7, 11) is 0. The van der Waals surface area contributed by atoms with Gasteiger partial charge >= 0.3 is 0 Å². The molecular formula is C25H23N3O3. The third-order valence-electron chi connectivity index (χ3n) is 5.27. The van der Waals surface area contributed by atoms with E-state index in [2.05, 4.69) is 15.6 Å².